The minimum absolute atomic E-state index is 0.0113. The second kappa shape index (κ2) is 9.08. The maximum absolute atomic E-state index is 12.9. The number of aliphatic hydroxyl groups excluding tert-OH is 1. The van der Waals surface area contributed by atoms with Crippen LogP contribution in [0.2, 0.25) is 10.0 Å². The smallest absolute Gasteiger partial charge is 0.295 e. The Kier molecular flexibility index (Phi) is 6.71. The van der Waals surface area contributed by atoms with Crippen molar-refractivity contribution in [2.45, 2.75) is 13.0 Å². The van der Waals surface area contributed by atoms with Gasteiger partial charge in [-0.25, -0.2) is 0 Å². The molecule has 1 unspecified atom stereocenters. The Bertz CT molecular complexity index is 1030. The van der Waals surface area contributed by atoms with Gasteiger partial charge in [0, 0.05) is 19.2 Å². The lowest BCUT2D eigenvalue weighted by atomic mass is 9.94. The topological polar surface area (TPSA) is 76.1 Å². The number of Topliss-reactive ketones (excluding diaryl/α,β-unsaturated/α-hetero) is 1. The molecule has 1 aliphatic rings. The first kappa shape index (κ1) is 22.2. The summed E-state index contributed by atoms with van der Waals surface area (Å²) in [5.74, 6) is -1.12. The summed E-state index contributed by atoms with van der Waals surface area (Å²) >= 11 is 12.2. The van der Waals surface area contributed by atoms with Crippen LogP contribution in [0.4, 0.5) is 0 Å². The maximum Gasteiger partial charge on any atom is 0.295 e. The third kappa shape index (κ3) is 4.03. The standard InChI is InChI=1S/C22H21Cl2NO5/c1-12-10-14(30-3)5-6-15(12)20(26)18-19(13-4-7-16(23)17(24)11-13)25(8-9-29-2)22(28)21(18)27/h4-7,10-11,19,26H,8-9H2,1-3H3/b20-18+. The molecule has 1 heterocycles. The van der Waals surface area contributed by atoms with E-state index >= 15 is 0 Å². The van der Waals surface area contributed by atoms with Crippen LogP contribution in [0.5, 0.6) is 5.75 Å². The predicted octanol–water partition coefficient (Wildman–Crippen LogP) is 4.38. The minimum atomic E-state index is -0.823. The number of halogens is 2. The van der Waals surface area contributed by atoms with E-state index in [0.29, 0.717) is 27.5 Å². The summed E-state index contributed by atoms with van der Waals surface area (Å²) in [7, 11) is 3.05. The zero-order valence-electron chi connectivity index (χ0n) is 16.7. The van der Waals surface area contributed by atoms with E-state index in [4.69, 9.17) is 32.7 Å². The lowest BCUT2D eigenvalue weighted by molar-refractivity contribution is -0.140. The maximum atomic E-state index is 12.9. The Labute approximate surface area is 184 Å². The quantitative estimate of drug-likeness (QED) is 0.402. The molecule has 0 saturated carbocycles. The average molecular weight is 450 g/mol. The number of ketones is 1. The molecule has 1 fully saturated rings. The van der Waals surface area contributed by atoms with Crippen molar-refractivity contribution in [1.29, 1.82) is 0 Å². The number of hydrogen-bond acceptors (Lipinski definition) is 5. The van der Waals surface area contributed by atoms with Crippen molar-refractivity contribution in [3.63, 3.8) is 0 Å². The molecule has 0 aliphatic carbocycles. The molecule has 6 nitrogen and oxygen atoms in total. The molecule has 8 heteroatoms. The minimum Gasteiger partial charge on any atom is -0.507 e. The lowest BCUT2D eigenvalue weighted by Crippen LogP contribution is -2.32. The highest BCUT2D eigenvalue weighted by Crippen LogP contribution is 2.41. The molecule has 2 aromatic rings. The van der Waals surface area contributed by atoms with Gasteiger partial charge in [0.2, 0.25) is 0 Å². The first-order valence-electron chi connectivity index (χ1n) is 9.17. The number of ether oxygens (including phenoxy) is 2. The zero-order chi connectivity index (χ0) is 22.0. The number of nitrogens with zero attached hydrogens (tertiary/aromatic N) is 1. The van der Waals surface area contributed by atoms with Crippen LogP contribution < -0.4 is 4.74 Å². The second-order valence-corrected chi connectivity index (χ2v) is 7.65. The summed E-state index contributed by atoms with van der Waals surface area (Å²) in [5.41, 5.74) is 1.68. The number of carbonyl (C=O) groups is 2. The molecular formula is C22H21Cl2NO5. The Hall–Kier alpha value is -2.54. The molecule has 1 atom stereocenters. The third-order valence-electron chi connectivity index (χ3n) is 5.02. The van der Waals surface area contributed by atoms with Crippen LogP contribution >= 0.6 is 23.2 Å². The summed E-state index contributed by atoms with van der Waals surface area (Å²) in [4.78, 5) is 27.1. The molecule has 0 aromatic heterocycles. The number of likely N-dealkylation sites (tertiary alicyclic amines) is 1. The summed E-state index contributed by atoms with van der Waals surface area (Å²) in [5, 5.41) is 11.7. The van der Waals surface area contributed by atoms with Gasteiger partial charge in [-0.1, -0.05) is 29.3 Å². The lowest BCUT2D eigenvalue weighted by Gasteiger charge is -2.25. The van der Waals surface area contributed by atoms with Crippen molar-refractivity contribution in [2.24, 2.45) is 0 Å². The summed E-state index contributed by atoms with van der Waals surface area (Å²) in [6.45, 7) is 2.18. The molecule has 0 radical (unpaired) electrons. The van der Waals surface area contributed by atoms with E-state index in [1.54, 1.807) is 50.4 Å². The normalized spacial score (nSPS) is 18.2. The number of amides is 1. The Morgan fingerprint density at radius 3 is 2.43 bits per heavy atom. The van der Waals surface area contributed by atoms with Gasteiger partial charge in [-0.3, -0.25) is 9.59 Å². The van der Waals surface area contributed by atoms with E-state index in [2.05, 4.69) is 0 Å². The number of methoxy groups -OCH3 is 2. The SMILES string of the molecule is COCCN1C(=O)C(=O)/C(=C(/O)c2ccc(OC)cc2C)C1c1ccc(Cl)c(Cl)c1. The molecule has 1 N–H and O–H groups in total. The second-order valence-electron chi connectivity index (χ2n) is 6.84. The Morgan fingerprint density at radius 1 is 1.10 bits per heavy atom. The van der Waals surface area contributed by atoms with Crippen LogP contribution in [0.1, 0.15) is 22.7 Å². The van der Waals surface area contributed by atoms with Crippen molar-refractivity contribution in [1.82, 2.24) is 4.90 Å². The van der Waals surface area contributed by atoms with Crippen LogP contribution in [0.25, 0.3) is 5.76 Å². The van der Waals surface area contributed by atoms with Crippen LogP contribution in [0, 0.1) is 6.92 Å². The number of benzene rings is 2. The molecule has 3 rings (SSSR count). The van der Waals surface area contributed by atoms with Crippen LogP contribution in [0.3, 0.4) is 0 Å². The van der Waals surface area contributed by atoms with Gasteiger partial charge in [0.25, 0.3) is 11.7 Å². The van der Waals surface area contributed by atoms with Gasteiger partial charge in [-0.05, 0) is 48.4 Å². The van der Waals surface area contributed by atoms with E-state index in [-0.39, 0.29) is 29.5 Å². The first-order valence-corrected chi connectivity index (χ1v) is 9.93. The van der Waals surface area contributed by atoms with E-state index in [1.165, 1.54) is 12.0 Å². The van der Waals surface area contributed by atoms with Crippen LogP contribution in [-0.2, 0) is 14.3 Å². The Morgan fingerprint density at radius 2 is 1.83 bits per heavy atom. The fourth-order valence-corrected chi connectivity index (χ4v) is 3.81. The van der Waals surface area contributed by atoms with E-state index in [1.807, 2.05) is 0 Å². The molecule has 0 bridgehead atoms. The number of aryl methyl sites for hydroxylation is 1. The number of rotatable bonds is 6. The molecule has 0 spiro atoms. The zero-order valence-corrected chi connectivity index (χ0v) is 18.3. The van der Waals surface area contributed by atoms with Crippen LogP contribution in [-0.4, -0.2) is 49.1 Å². The van der Waals surface area contributed by atoms with Crippen LogP contribution in [0.15, 0.2) is 42.0 Å². The molecule has 158 valence electrons. The van der Waals surface area contributed by atoms with Crippen molar-refractivity contribution < 1.29 is 24.2 Å². The van der Waals surface area contributed by atoms with Gasteiger partial charge in [-0.2, -0.15) is 0 Å². The Balaban J connectivity index is 2.20. The van der Waals surface area contributed by atoms with Gasteiger partial charge in [-0.15, -0.1) is 0 Å². The van der Waals surface area contributed by atoms with Gasteiger partial charge in [0.1, 0.15) is 11.5 Å². The third-order valence-corrected chi connectivity index (χ3v) is 5.76. The molecule has 2 aromatic carbocycles. The van der Waals surface area contributed by atoms with Crippen molar-refractivity contribution in [3.8, 4) is 5.75 Å². The van der Waals surface area contributed by atoms with E-state index in [0.717, 1.165) is 0 Å². The van der Waals surface area contributed by atoms with Crippen molar-refractivity contribution >= 4 is 40.7 Å². The number of aliphatic hydroxyl groups is 1. The molecular weight excluding hydrogens is 429 g/mol. The fraction of sp³-hybridized carbons (Fsp3) is 0.273. The number of hydrogen-bond donors (Lipinski definition) is 1. The highest BCUT2D eigenvalue weighted by Gasteiger charge is 2.46. The fourth-order valence-electron chi connectivity index (χ4n) is 3.50. The predicted molar refractivity (Wildman–Crippen MR) is 115 cm³/mol. The number of carbonyl (C=O) groups excluding carboxylic acids is 2. The molecule has 1 aliphatic heterocycles. The summed E-state index contributed by atoms with van der Waals surface area (Å²) in [6, 6.07) is 9.11. The van der Waals surface area contributed by atoms with E-state index < -0.39 is 17.7 Å². The monoisotopic (exact) mass is 449 g/mol. The summed E-state index contributed by atoms with van der Waals surface area (Å²) in [6.07, 6.45) is 0. The van der Waals surface area contributed by atoms with Crippen molar-refractivity contribution in [3.05, 3.63) is 68.7 Å². The van der Waals surface area contributed by atoms with E-state index in [9.17, 15) is 14.7 Å². The highest BCUT2D eigenvalue weighted by atomic mass is 35.5. The highest BCUT2D eigenvalue weighted by molar-refractivity contribution is 6.47. The van der Waals surface area contributed by atoms with Gasteiger partial charge in [0.15, 0.2) is 0 Å². The van der Waals surface area contributed by atoms with Gasteiger partial charge >= 0.3 is 0 Å². The largest absolute Gasteiger partial charge is 0.507 e. The molecule has 30 heavy (non-hydrogen) atoms. The molecule has 1 saturated heterocycles. The van der Waals surface area contributed by atoms with Crippen molar-refractivity contribution in [2.75, 3.05) is 27.4 Å². The average Bonchev–Trinajstić information content (AvgIpc) is 2.98. The first-order chi connectivity index (χ1) is 14.3. The molecule has 1 amide bonds. The van der Waals surface area contributed by atoms with Gasteiger partial charge < -0.3 is 19.5 Å². The van der Waals surface area contributed by atoms with Gasteiger partial charge in [0.05, 0.1) is 35.4 Å². The summed E-state index contributed by atoms with van der Waals surface area (Å²) < 4.78 is 10.3.